The lowest BCUT2D eigenvalue weighted by Crippen LogP contribution is -2.45. The first kappa shape index (κ1) is 23.5. The number of hydrogen-bond donors (Lipinski definition) is 2. The minimum Gasteiger partial charge on any atom is -0.354 e. The molecule has 0 bridgehead atoms. The van der Waals surface area contributed by atoms with Gasteiger partial charge in [-0.25, -0.2) is 8.42 Å². The van der Waals surface area contributed by atoms with Gasteiger partial charge in [0, 0.05) is 18.2 Å². The van der Waals surface area contributed by atoms with E-state index in [-0.39, 0.29) is 35.9 Å². The molecule has 1 atom stereocenters. The van der Waals surface area contributed by atoms with E-state index in [0.29, 0.717) is 16.6 Å². The lowest BCUT2D eigenvalue weighted by molar-refractivity contribution is -0.122. The average molecular weight is 418 g/mol. The van der Waals surface area contributed by atoms with Crippen LogP contribution in [0.25, 0.3) is 0 Å². The van der Waals surface area contributed by atoms with Gasteiger partial charge in [0.1, 0.15) is 9.84 Å². The normalized spacial score (nSPS) is 13.1. The van der Waals surface area contributed by atoms with Gasteiger partial charge in [0.05, 0.1) is 21.8 Å². The molecule has 3 N–H and O–H groups in total. The molecule has 0 spiro atoms. The van der Waals surface area contributed by atoms with Crippen molar-refractivity contribution < 1.29 is 13.2 Å². The topological polar surface area (TPSA) is 89.3 Å². The number of rotatable bonds is 7. The summed E-state index contributed by atoms with van der Waals surface area (Å²) < 4.78 is 22.2. The summed E-state index contributed by atoms with van der Waals surface area (Å²) in [5.41, 5.74) is 6.27. The number of sulfone groups is 1. The van der Waals surface area contributed by atoms with E-state index in [0.717, 1.165) is 11.8 Å². The predicted octanol–water partition coefficient (Wildman–Crippen LogP) is 2.57. The molecule has 1 aromatic carbocycles. The van der Waals surface area contributed by atoms with Crippen LogP contribution >= 0.6 is 35.6 Å². The molecule has 0 aliphatic carbocycles. The monoisotopic (exact) mass is 416 g/mol. The van der Waals surface area contributed by atoms with Crippen molar-refractivity contribution in [1.29, 1.82) is 0 Å². The lowest BCUT2D eigenvalue weighted by atomic mass is 9.84. The maximum Gasteiger partial charge on any atom is 0.236 e. The van der Waals surface area contributed by atoms with Crippen LogP contribution in [0.5, 0.6) is 0 Å². The van der Waals surface area contributed by atoms with Crippen molar-refractivity contribution in [2.24, 2.45) is 5.73 Å². The molecule has 0 aromatic heterocycles. The van der Waals surface area contributed by atoms with Gasteiger partial charge in [0.25, 0.3) is 0 Å². The molecule has 0 aliphatic rings. The molecule has 138 valence electrons. The standard InChI is InChI=1S/C15H22Cl2N2O3S.ClH/c1-15(2,10-4-5-11(16)12(17)8-10)9-19-14(20)13(18)6-7-23(3,21)22;/h4-5,8,13H,6-7,9,18H2,1-3H3,(H,19,20);1H. The largest absolute Gasteiger partial charge is 0.354 e. The number of halogens is 3. The Kier molecular flexibility index (Phi) is 9.04. The van der Waals surface area contributed by atoms with Crippen LogP contribution in [0.15, 0.2) is 18.2 Å². The van der Waals surface area contributed by atoms with Crippen LogP contribution in [-0.2, 0) is 20.0 Å². The van der Waals surface area contributed by atoms with Crippen LogP contribution < -0.4 is 11.1 Å². The summed E-state index contributed by atoms with van der Waals surface area (Å²) in [4.78, 5) is 12.0. The van der Waals surface area contributed by atoms with E-state index >= 15 is 0 Å². The third-order valence-corrected chi connectivity index (χ3v) is 5.26. The van der Waals surface area contributed by atoms with Gasteiger partial charge in [0.15, 0.2) is 0 Å². The lowest BCUT2D eigenvalue weighted by Gasteiger charge is -2.27. The molecule has 0 heterocycles. The van der Waals surface area contributed by atoms with Gasteiger partial charge in [-0.3, -0.25) is 4.79 Å². The zero-order chi connectivity index (χ0) is 17.8. The van der Waals surface area contributed by atoms with Crippen LogP contribution in [0.1, 0.15) is 25.8 Å². The summed E-state index contributed by atoms with van der Waals surface area (Å²) in [6.45, 7) is 4.25. The van der Waals surface area contributed by atoms with Crippen LogP contribution in [0.3, 0.4) is 0 Å². The number of hydrogen-bond acceptors (Lipinski definition) is 4. The van der Waals surface area contributed by atoms with Crippen molar-refractivity contribution in [2.45, 2.75) is 31.7 Å². The second kappa shape index (κ2) is 9.25. The smallest absolute Gasteiger partial charge is 0.236 e. The van der Waals surface area contributed by atoms with Gasteiger partial charge in [-0.05, 0) is 24.1 Å². The SMILES string of the molecule is CC(C)(CNC(=O)C(N)CCS(C)(=O)=O)c1ccc(Cl)c(Cl)c1.Cl. The molecule has 1 unspecified atom stereocenters. The van der Waals surface area contributed by atoms with Crippen LogP contribution in [-0.4, -0.2) is 38.9 Å². The van der Waals surface area contributed by atoms with E-state index in [1.807, 2.05) is 19.9 Å². The third-order valence-electron chi connectivity index (χ3n) is 3.54. The Balaban J connectivity index is 0.00000529. The zero-order valence-electron chi connectivity index (χ0n) is 13.8. The number of nitrogens with two attached hydrogens (primary N) is 1. The fourth-order valence-corrected chi connectivity index (χ4v) is 2.91. The van der Waals surface area contributed by atoms with E-state index in [9.17, 15) is 13.2 Å². The van der Waals surface area contributed by atoms with E-state index in [1.165, 1.54) is 0 Å². The van der Waals surface area contributed by atoms with Gasteiger partial charge in [-0.15, -0.1) is 12.4 Å². The highest BCUT2D eigenvalue weighted by Crippen LogP contribution is 2.29. The van der Waals surface area contributed by atoms with Crippen molar-refractivity contribution in [1.82, 2.24) is 5.32 Å². The Morgan fingerprint density at radius 1 is 1.29 bits per heavy atom. The van der Waals surface area contributed by atoms with Gasteiger partial charge >= 0.3 is 0 Å². The van der Waals surface area contributed by atoms with Crippen LogP contribution in [0.4, 0.5) is 0 Å². The summed E-state index contributed by atoms with van der Waals surface area (Å²) in [6, 6.07) is 4.47. The van der Waals surface area contributed by atoms with Crippen LogP contribution in [0.2, 0.25) is 10.0 Å². The van der Waals surface area contributed by atoms with Crippen molar-refractivity contribution in [3.05, 3.63) is 33.8 Å². The predicted molar refractivity (Wildman–Crippen MR) is 102 cm³/mol. The minimum absolute atomic E-state index is 0. The highest BCUT2D eigenvalue weighted by molar-refractivity contribution is 7.90. The molecule has 1 amide bonds. The molecule has 0 aliphatic heterocycles. The van der Waals surface area contributed by atoms with Crippen molar-refractivity contribution in [3.8, 4) is 0 Å². The van der Waals surface area contributed by atoms with Crippen molar-refractivity contribution in [3.63, 3.8) is 0 Å². The Morgan fingerprint density at radius 3 is 2.38 bits per heavy atom. The molecule has 9 heteroatoms. The summed E-state index contributed by atoms with van der Waals surface area (Å²) >= 11 is 11.9. The summed E-state index contributed by atoms with van der Waals surface area (Å²) in [5.74, 6) is -0.487. The fourth-order valence-electron chi connectivity index (χ4n) is 1.93. The molecular formula is C15H23Cl3N2O3S. The molecule has 1 aromatic rings. The van der Waals surface area contributed by atoms with Gasteiger partial charge in [0.2, 0.25) is 5.91 Å². The number of carbonyl (C=O) groups is 1. The molecule has 0 radical (unpaired) electrons. The first-order valence-corrected chi connectivity index (χ1v) is 9.90. The first-order valence-electron chi connectivity index (χ1n) is 7.09. The summed E-state index contributed by atoms with van der Waals surface area (Å²) in [5, 5.41) is 3.68. The maximum absolute atomic E-state index is 12.0. The highest BCUT2D eigenvalue weighted by Gasteiger charge is 2.24. The van der Waals surface area contributed by atoms with Gasteiger partial charge < -0.3 is 11.1 Å². The Hall–Kier alpha value is -0.530. The second-order valence-electron chi connectivity index (χ2n) is 6.26. The zero-order valence-corrected chi connectivity index (χ0v) is 17.0. The molecule has 0 saturated carbocycles. The fraction of sp³-hybridized carbons (Fsp3) is 0.533. The van der Waals surface area contributed by atoms with Crippen molar-refractivity contribution >= 4 is 51.4 Å². The van der Waals surface area contributed by atoms with Crippen LogP contribution in [0, 0.1) is 0 Å². The minimum atomic E-state index is -3.14. The number of amides is 1. The number of carbonyl (C=O) groups excluding carboxylic acids is 1. The quantitative estimate of drug-likeness (QED) is 0.713. The molecule has 24 heavy (non-hydrogen) atoms. The summed E-state index contributed by atoms with van der Waals surface area (Å²) in [6.07, 6.45) is 1.21. The first-order chi connectivity index (χ1) is 10.4. The maximum atomic E-state index is 12.0. The molecule has 5 nitrogen and oxygen atoms in total. The Bertz CT molecular complexity index is 679. The van der Waals surface area contributed by atoms with E-state index in [2.05, 4.69) is 5.32 Å². The number of nitrogens with one attached hydrogen (secondary N) is 1. The number of benzene rings is 1. The molecule has 0 fully saturated rings. The third kappa shape index (κ3) is 7.57. The molecule has 0 saturated heterocycles. The van der Waals surface area contributed by atoms with E-state index in [1.54, 1.807) is 12.1 Å². The van der Waals surface area contributed by atoms with E-state index < -0.39 is 15.9 Å². The molecular weight excluding hydrogens is 395 g/mol. The second-order valence-corrected chi connectivity index (χ2v) is 9.33. The van der Waals surface area contributed by atoms with Gasteiger partial charge in [-0.2, -0.15) is 0 Å². The summed E-state index contributed by atoms with van der Waals surface area (Å²) in [7, 11) is -3.14. The van der Waals surface area contributed by atoms with Crippen molar-refractivity contribution in [2.75, 3.05) is 18.6 Å². The van der Waals surface area contributed by atoms with E-state index in [4.69, 9.17) is 28.9 Å². The van der Waals surface area contributed by atoms with Gasteiger partial charge in [-0.1, -0.05) is 43.1 Å². The average Bonchev–Trinajstić information content (AvgIpc) is 2.44. The highest BCUT2D eigenvalue weighted by atomic mass is 35.5. The Labute approximate surface area is 159 Å². The Morgan fingerprint density at radius 2 is 1.88 bits per heavy atom. The molecule has 1 rings (SSSR count).